The Balaban J connectivity index is 2.23. The Bertz CT molecular complexity index is 559. The molecule has 0 aromatic carbocycles. The molecule has 21 heavy (non-hydrogen) atoms. The van der Waals surface area contributed by atoms with E-state index in [1.165, 1.54) is 19.3 Å². The van der Waals surface area contributed by atoms with Crippen molar-refractivity contribution in [1.29, 1.82) is 0 Å². The molecule has 1 N–H and O–H groups in total. The van der Waals surface area contributed by atoms with Gasteiger partial charge in [-0.25, -0.2) is 0 Å². The topological polar surface area (TPSA) is 53.4 Å². The van der Waals surface area contributed by atoms with Crippen LogP contribution in [0.25, 0.3) is 0 Å². The lowest BCUT2D eigenvalue weighted by atomic mass is 9.85. The van der Waals surface area contributed by atoms with E-state index in [0.717, 1.165) is 6.42 Å². The van der Waals surface area contributed by atoms with Crippen molar-refractivity contribution in [3.63, 3.8) is 0 Å². The fourth-order valence-corrected chi connectivity index (χ4v) is 3.03. The Hall–Kier alpha value is -1.86. The average Bonchev–Trinajstić information content (AvgIpc) is 2.52. The minimum Gasteiger partial charge on any atom is -0.384 e. The van der Waals surface area contributed by atoms with Crippen molar-refractivity contribution < 1.29 is 9.90 Å². The smallest absolute Gasteiger partial charge is 0.255 e. The lowest BCUT2D eigenvalue weighted by molar-refractivity contribution is 0.0628. The lowest BCUT2D eigenvalue weighted by Gasteiger charge is -2.36. The molecular weight excluding hydrogens is 264 g/mol. The van der Waals surface area contributed by atoms with E-state index in [4.69, 9.17) is 5.11 Å². The number of aromatic nitrogens is 1. The van der Waals surface area contributed by atoms with Crippen LogP contribution in [0.15, 0.2) is 18.5 Å². The summed E-state index contributed by atoms with van der Waals surface area (Å²) in [7, 11) is 1.87. The van der Waals surface area contributed by atoms with Crippen LogP contribution in [-0.4, -0.2) is 40.6 Å². The molecule has 1 fully saturated rings. The summed E-state index contributed by atoms with van der Waals surface area (Å²) in [5, 5.41) is 8.82. The SMILES string of the molecule is CC1CCCCC1N(C)C(=O)c1ccncc1C#CCO. The Morgan fingerprint density at radius 2 is 2.24 bits per heavy atom. The molecule has 1 aliphatic rings. The molecular formula is C17H22N2O2. The van der Waals surface area contributed by atoms with Crippen LogP contribution in [0.2, 0.25) is 0 Å². The van der Waals surface area contributed by atoms with Gasteiger partial charge >= 0.3 is 0 Å². The summed E-state index contributed by atoms with van der Waals surface area (Å²) in [5.74, 6) is 5.90. The van der Waals surface area contributed by atoms with Gasteiger partial charge in [0.1, 0.15) is 6.61 Å². The van der Waals surface area contributed by atoms with Crippen molar-refractivity contribution in [2.24, 2.45) is 5.92 Å². The van der Waals surface area contributed by atoms with E-state index < -0.39 is 0 Å². The number of nitrogens with zero attached hydrogens (tertiary/aromatic N) is 2. The largest absolute Gasteiger partial charge is 0.384 e. The number of carbonyl (C=O) groups is 1. The number of rotatable bonds is 2. The lowest BCUT2D eigenvalue weighted by Crippen LogP contribution is -2.42. The Labute approximate surface area is 126 Å². The van der Waals surface area contributed by atoms with Gasteiger partial charge in [-0.05, 0) is 24.8 Å². The predicted octanol–water partition coefficient (Wildman–Crippen LogP) is 2.08. The van der Waals surface area contributed by atoms with Gasteiger partial charge in [0, 0.05) is 25.5 Å². The van der Waals surface area contributed by atoms with Crippen molar-refractivity contribution in [3.8, 4) is 11.8 Å². The van der Waals surface area contributed by atoms with Crippen LogP contribution in [0.3, 0.4) is 0 Å². The standard InChI is InChI=1S/C17H22N2O2/c1-13-6-3-4-8-16(13)19(2)17(21)15-9-10-18-12-14(15)7-5-11-20/h9-10,12-13,16,20H,3-4,6,8,11H2,1-2H3. The summed E-state index contributed by atoms with van der Waals surface area (Å²) in [6.45, 7) is 1.99. The van der Waals surface area contributed by atoms with Crippen molar-refractivity contribution in [1.82, 2.24) is 9.88 Å². The second-order valence-electron chi connectivity index (χ2n) is 5.63. The van der Waals surface area contributed by atoms with Crippen molar-refractivity contribution in [3.05, 3.63) is 29.6 Å². The maximum absolute atomic E-state index is 12.7. The second-order valence-corrected chi connectivity index (χ2v) is 5.63. The summed E-state index contributed by atoms with van der Waals surface area (Å²) in [6.07, 6.45) is 7.85. The molecule has 4 heteroatoms. The van der Waals surface area contributed by atoms with E-state index in [9.17, 15) is 4.79 Å². The number of aliphatic hydroxyl groups excluding tert-OH is 1. The van der Waals surface area contributed by atoms with Crippen LogP contribution in [0.5, 0.6) is 0 Å². The van der Waals surface area contributed by atoms with Crippen molar-refractivity contribution >= 4 is 5.91 Å². The summed E-state index contributed by atoms with van der Waals surface area (Å²) in [6, 6.07) is 1.99. The average molecular weight is 286 g/mol. The maximum Gasteiger partial charge on any atom is 0.255 e. The summed E-state index contributed by atoms with van der Waals surface area (Å²) in [5.41, 5.74) is 1.14. The molecule has 112 valence electrons. The highest BCUT2D eigenvalue weighted by molar-refractivity contribution is 5.96. The molecule has 1 heterocycles. The first-order valence-corrected chi connectivity index (χ1v) is 7.46. The number of hydrogen-bond donors (Lipinski definition) is 1. The van der Waals surface area contributed by atoms with E-state index >= 15 is 0 Å². The minimum absolute atomic E-state index is 0.0154. The molecule has 0 bridgehead atoms. The van der Waals surface area contributed by atoms with Crippen LogP contribution in [0.1, 0.15) is 48.5 Å². The summed E-state index contributed by atoms with van der Waals surface area (Å²) in [4.78, 5) is 18.6. The molecule has 2 rings (SSSR count). The molecule has 1 aromatic heterocycles. The van der Waals surface area contributed by atoms with Gasteiger partial charge in [-0.2, -0.15) is 0 Å². The van der Waals surface area contributed by atoms with Gasteiger partial charge in [0.05, 0.1) is 11.1 Å². The summed E-state index contributed by atoms with van der Waals surface area (Å²) >= 11 is 0. The number of hydrogen-bond acceptors (Lipinski definition) is 3. The third-order valence-corrected chi connectivity index (χ3v) is 4.24. The molecule has 2 unspecified atom stereocenters. The highest BCUT2D eigenvalue weighted by Gasteiger charge is 2.29. The Morgan fingerprint density at radius 3 is 2.95 bits per heavy atom. The molecule has 0 radical (unpaired) electrons. The predicted molar refractivity (Wildman–Crippen MR) is 81.7 cm³/mol. The third kappa shape index (κ3) is 3.62. The first-order chi connectivity index (χ1) is 10.1. The van der Waals surface area contributed by atoms with Crippen LogP contribution in [0, 0.1) is 17.8 Å². The van der Waals surface area contributed by atoms with Gasteiger partial charge in [-0.15, -0.1) is 0 Å². The van der Waals surface area contributed by atoms with Gasteiger partial charge in [-0.3, -0.25) is 9.78 Å². The quantitative estimate of drug-likeness (QED) is 0.847. The zero-order chi connectivity index (χ0) is 15.2. The number of carbonyl (C=O) groups excluding carboxylic acids is 1. The van der Waals surface area contributed by atoms with Crippen LogP contribution >= 0.6 is 0 Å². The fourth-order valence-electron chi connectivity index (χ4n) is 3.03. The van der Waals surface area contributed by atoms with Crippen molar-refractivity contribution in [2.75, 3.05) is 13.7 Å². The second kappa shape index (κ2) is 7.24. The molecule has 2 atom stereocenters. The molecule has 0 aliphatic heterocycles. The molecule has 0 saturated heterocycles. The first-order valence-electron chi connectivity index (χ1n) is 7.46. The van der Waals surface area contributed by atoms with Gasteiger partial charge in [0.15, 0.2) is 0 Å². The summed E-state index contributed by atoms with van der Waals surface area (Å²) < 4.78 is 0. The van der Waals surface area contributed by atoms with E-state index in [2.05, 4.69) is 23.7 Å². The first kappa shape index (κ1) is 15.5. The monoisotopic (exact) mass is 286 g/mol. The van der Waals surface area contributed by atoms with E-state index in [1.807, 2.05) is 11.9 Å². The molecule has 1 saturated carbocycles. The third-order valence-electron chi connectivity index (χ3n) is 4.24. The van der Waals surface area contributed by atoms with Gasteiger partial charge in [0.25, 0.3) is 5.91 Å². The minimum atomic E-state index is -0.224. The normalized spacial score (nSPS) is 21.3. The van der Waals surface area contributed by atoms with Crippen LogP contribution in [-0.2, 0) is 0 Å². The fraction of sp³-hybridized carbons (Fsp3) is 0.529. The van der Waals surface area contributed by atoms with Crippen LogP contribution in [0.4, 0.5) is 0 Å². The van der Waals surface area contributed by atoms with Crippen LogP contribution < -0.4 is 0 Å². The highest BCUT2D eigenvalue weighted by Crippen LogP contribution is 2.28. The van der Waals surface area contributed by atoms with E-state index in [0.29, 0.717) is 17.0 Å². The van der Waals surface area contributed by atoms with E-state index in [1.54, 1.807) is 18.5 Å². The molecule has 1 amide bonds. The number of pyridine rings is 1. The van der Waals surface area contributed by atoms with Gasteiger partial charge in [-0.1, -0.05) is 31.6 Å². The highest BCUT2D eigenvalue weighted by atomic mass is 16.2. The molecule has 0 spiro atoms. The van der Waals surface area contributed by atoms with E-state index in [-0.39, 0.29) is 18.6 Å². The number of amides is 1. The molecule has 1 aromatic rings. The molecule has 4 nitrogen and oxygen atoms in total. The van der Waals surface area contributed by atoms with Crippen molar-refractivity contribution in [2.45, 2.75) is 38.6 Å². The van der Waals surface area contributed by atoms with Gasteiger partial charge < -0.3 is 10.0 Å². The zero-order valence-corrected chi connectivity index (χ0v) is 12.7. The number of aliphatic hydroxyl groups is 1. The molecule has 1 aliphatic carbocycles. The zero-order valence-electron chi connectivity index (χ0n) is 12.7. The maximum atomic E-state index is 12.7. The van der Waals surface area contributed by atoms with Gasteiger partial charge in [0.2, 0.25) is 0 Å². The Kier molecular flexibility index (Phi) is 5.35. The Morgan fingerprint density at radius 1 is 1.48 bits per heavy atom.